The summed E-state index contributed by atoms with van der Waals surface area (Å²) >= 11 is 6.50. The normalized spacial score (nSPS) is 12.2. The summed E-state index contributed by atoms with van der Waals surface area (Å²) in [7, 11) is 0. The maximum Gasteiger partial charge on any atom is 0.335 e. The van der Waals surface area contributed by atoms with Crippen LogP contribution in [0.25, 0.3) is 27.6 Å². The van der Waals surface area contributed by atoms with Gasteiger partial charge >= 0.3 is 5.97 Å². The van der Waals surface area contributed by atoms with Crippen molar-refractivity contribution in [3.8, 4) is 0 Å². The standard InChI is InChI=1S/C27H22ClFN2O2/c1-15(2)25(22-10-9-21(29)13-23(22)28)26(19-8-11-24-20(12-19)14-30-31-24)18-6-4-17(5-7-18)16(3)27(32)33/h4-15H,3H2,1-2H3,(H,30,31)(H,32,33)/b26-25+. The summed E-state index contributed by atoms with van der Waals surface area (Å²) in [6.45, 7) is 7.76. The minimum atomic E-state index is -1.06. The second kappa shape index (κ2) is 9.04. The van der Waals surface area contributed by atoms with Crippen LogP contribution < -0.4 is 0 Å². The molecule has 166 valence electrons. The SMILES string of the molecule is C=C(C(=O)O)c1ccc(/C(=C(\c2ccc(F)cc2Cl)C(C)C)c2ccc3[nH]ncc3c2)cc1. The Morgan fingerprint density at radius 1 is 1.03 bits per heavy atom. The van der Waals surface area contributed by atoms with Crippen LogP contribution in [0.5, 0.6) is 0 Å². The molecule has 0 spiro atoms. The van der Waals surface area contributed by atoms with Crippen LogP contribution >= 0.6 is 11.6 Å². The fourth-order valence-electron chi connectivity index (χ4n) is 3.98. The summed E-state index contributed by atoms with van der Waals surface area (Å²) in [4.78, 5) is 11.3. The highest BCUT2D eigenvalue weighted by Crippen LogP contribution is 2.40. The number of hydrogen-bond donors (Lipinski definition) is 2. The van der Waals surface area contributed by atoms with Crippen LogP contribution in [0.2, 0.25) is 5.02 Å². The molecule has 2 N–H and O–H groups in total. The van der Waals surface area contributed by atoms with Crippen molar-refractivity contribution in [1.29, 1.82) is 0 Å². The molecular weight excluding hydrogens is 439 g/mol. The van der Waals surface area contributed by atoms with Gasteiger partial charge in [0.1, 0.15) is 5.82 Å². The largest absolute Gasteiger partial charge is 0.478 e. The number of carbonyl (C=O) groups is 1. The topological polar surface area (TPSA) is 66.0 Å². The van der Waals surface area contributed by atoms with E-state index in [4.69, 9.17) is 11.6 Å². The number of rotatable bonds is 6. The van der Waals surface area contributed by atoms with Crippen LogP contribution in [0.3, 0.4) is 0 Å². The zero-order valence-electron chi connectivity index (χ0n) is 18.2. The highest BCUT2D eigenvalue weighted by molar-refractivity contribution is 6.32. The Morgan fingerprint density at radius 3 is 2.33 bits per heavy atom. The first-order chi connectivity index (χ1) is 15.8. The number of allylic oxidation sites excluding steroid dienone is 1. The lowest BCUT2D eigenvalue weighted by Crippen LogP contribution is -2.03. The van der Waals surface area contributed by atoms with Crippen molar-refractivity contribution < 1.29 is 14.3 Å². The second-order valence-electron chi connectivity index (χ2n) is 8.10. The van der Waals surface area contributed by atoms with Crippen molar-refractivity contribution in [3.05, 3.63) is 107 Å². The first-order valence-corrected chi connectivity index (χ1v) is 10.8. The second-order valence-corrected chi connectivity index (χ2v) is 8.51. The highest BCUT2D eigenvalue weighted by atomic mass is 35.5. The molecule has 3 aromatic carbocycles. The monoisotopic (exact) mass is 460 g/mol. The fourth-order valence-corrected chi connectivity index (χ4v) is 4.25. The Kier molecular flexibility index (Phi) is 6.16. The molecule has 0 bridgehead atoms. The zero-order valence-corrected chi connectivity index (χ0v) is 18.9. The number of nitrogens with one attached hydrogen (secondary N) is 1. The van der Waals surface area contributed by atoms with Gasteiger partial charge in [-0.3, -0.25) is 5.10 Å². The number of halogens is 2. The highest BCUT2D eigenvalue weighted by Gasteiger charge is 2.20. The number of hydrogen-bond acceptors (Lipinski definition) is 2. The average Bonchev–Trinajstić information content (AvgIpc) is 3.25. The lowest BCUT2D eigenvalue weighted by Gasteiger charge is -2.21. The zero-order chi connectivity index (χ0) is 23.7. The Hall–Kier alpha value is -3.70. The summed E-state index contributed by atoms with van der Waals surface area (Å²) in [6, 6.07) is 17.6. The van der Waals surface area contributed by atoms with Crippen molar-refractivity contribution in [2.24, 2.45) is 5.92 Å². The molecule has 0 aliphatic heterocycles. The predicted octanol–water partition coefficient (Wildman–Crippen LogP) is 7.07. The van der Waals surface area contributed by atoms with Crippen molar-refractivity contribution in [2.75, 3.05) is 0 Å². The first kappa shape index (κ1) is 22.5. The van der Waals surface area contributed by atoms with Gasteiger partial charge in [0.2, 0.25) is 0 Å². The van der Waals surface area contributed by atoms with E-state index in [-0.39, 0.29) is 11.5 Å². The van der Waals surface area contributed by atoms with Crippen LogP contribution in [-0.2, 0) is 4.79 Å². The van der Waals surface area contributed by atoms with E-state index >= 15 is 0 Å². The van der Waals surface area contributed by atoms with Crippen molar-refractivity contribution in [2.45, 2.75) is 13.8 Å². The molecule has 0 aliphatic carbocycles. The van der Waals surface area contributed by atoms with Crippen molar-refractivity contribution in [3.63, 3.8) is 0 Å². The quantitative estimate of drug-likeness (QED) is 0.239. The van der Waals surface area contributed by atoms with Gasteiger partial charge in [0, 0.05) is 5.39 Å². The molecule has 4 aromatic rings. The molecule has 6 heteroatoms. The minimum Gasteiger partial charge on any atom is -0.478 e. The van der Waals surface area contributed by atoms with Crippen LogP contribution in [0.4, 0.5) is 4.39 Å². The van der Waals surface area contributed by atoms with E-state index in [1.54, 1.807) is 24.4 Å². The Balaban J connectivity index is 2.01. The number of aliphatic carboxylic acids is 1. The van der Waals surface area contributed by atoms with Crippen LogP contribution in [0.15, 0.2) is 73.4 Å². The molecule has 4 rings (SSSR count). The molecule has 4 nitrogen and oxygen atoms in total. The van der Waals surface area contributed by atoms with Gasteiger partial charge in [-0.15, -0.1) is 0 Å². The van der Waals surface area contributed by atoms with E-state index < -0.39 is 11.8 Å². The number of fused-ring (bicyclic) bond motifs is 1. The van der Waals surface area contributed by atoms with Gasteiger partial charge in [-0.2, -0.15) is 5.10 Å². The Morgan fingerprint density at radius 2 is 1.70 bits per heavy atom. The van der Waals surface area contributed by atoms with E-state index in [9.17, 15) is 14.3 Å². The summed E-state index contributed by atoms with van der Waals surface area (Å²) in [5, 5.41) is 17.6. The third-order valence-corrected chi connectivity index (χ3v) is 5.89. The summed E-state index contributed by atoms with van der Waals surface area (Å²) in [5.41, 5.74) is 5.91. The average molecular weight is 461 g/mol. The van der Waals surface area contributed by atoms with Crippen LogP contribution in [0, 0.1) is 11.7 Å². The predicted molar refractivity (Wildman–Crippen MR) is 131 cm³/mol. The van der Waals surface area contributed by atoms with Gasteiger partial charge in [-0.1, -0.05) is 68.4 Å². The van der Waals surface area contributed by atoms with E-state index in [1.165, 1.54) is 12.1 Å². The number of carboxylic acid groups (broad SMARTS) is 1. The summed E-state index contributed by atoms with van der Waals surface area (Å²) in [6.07, 6.45) is 1.76. The van der Waals surface area contributed by atoms with E-state index in [1.807, 2.05) is 30.3 Å². The Labute approximate surface area is 196 Å². The molecular formula is C27H22ClFN2O2. The van der Waals surface area contributed by atoms with Gasteiger partial charge in [0.25, 0.3) is 0 Å². The lowest BCUT2D eigenvalue weighted by molar-refractivity contribution is -0.130. The number of aromatic nitrogens is 2. The first-order valence-electron chi connectivity index (χ1n) is 10.4. The molecule has 0 atom stereocenters. The smallest absolute Gasteiger partial charge is 0.335 e. The van der Waals surface area contributed by atoms with Gasteiger partial charge in [0.05, 0.1) is 22.3 Å². The fraction of sp³-hybridized carbons (Fsp3) is 0.111. The third-order valence-electron chi connectivity index (χ3n) is 5.58. The summed E-state index contributed by atoms with van der Waals surface area (Å²) in [5.74, 6) is -1.41. The molecule has 0 radical (unpaired) electrons. The van der Waals surface area contributed by atoms with Crippen LogP contribution in [0.1, 0.15) is 36.1 Å². The maximum atomic E-state index is 13.8. The summed E-state index contributed by atoms with van der Waals surface area (Å²) < 4.78 is 13.8. The van der Waals surface area contributed by atoms with Gasteiger partial charge in [-0.25, -0.2) is 9.18 Å². The number of carboxylic acids is 1. The molecule has 0 saturated heterocycles. The maximum absolute atomic E-state index is 13.8. The molecule has 0 saturated carbocycles. The van der Waals surface area contributed by atoms with Gasteiger partial charge < -0.3 is 5.11 Å². The third kappa shape index (κ3) is 4.45. The molecule has 33 heavy (non-hydrogen) atoms. The van der Waals surface area contributed by atoms with Crippen LogP contribution in [-0.4, -0.2) is 21.3 Å². The molecule has 0 amide bonds. The van der Waals surface area contributed by atoms with Gasteiger partial charge in [-0.05, 0) is 63.6 Å². The number of H-pyrrole nitrogens is 1. The molecule has 1 aromatic heterocycles. The molecule has 0 fully saturated rings. The molecule has 0 aliphatic rings. The molecule has 1 heterocycles. The van der Waals surface area contributed by atoms with Gasteiger partial charge in [0.15, 0.2) is 0 Å². The van der Waals surface area contributed by atoms with Crippen molar-refractivity contribution in [1.82, 2.24) is 10.2 Å². The number of benzene rings is 3. The Bertz CT molecular complexity index is 1400. The number of nitrogens with zero attached hydrogens (tertiary/aromatic N) is 1. The van der Waals surface area contributed by atoms with Crippen molar-refractivity contribution >= 4 is 45.2 Å². The van der Waals surface area contributed by atoms with E-state index in [2.05, 4.69) is 30.6 Å². The van der Waals surface area contributed by atoms with E-state index in [0.717, 1.165) is 38.7 Å². The lowest BCUT2D eigenvalue weighted by atomic mass is 9.83. The number of aromatic amines is 1. The minimum absolute atomic E-state index is 0.0255. The molecule has 0 unspecified atom stereocenters. The van der Waals surface area contributed by atoms with E-state index in [0.29, 0.717) is 10.6 Å².